The van der Waals surface area contributed by atoms with Gasteiger partial charge in [-0.3, -0.25) is 0 Å². The van der Waals surface area contributed by atoms with Crippen molar-refractivity contribution in [1.82, 2.24) is 15.0 Å². The fourth-order valence-electron chi connectivity index (χ4n) is 2.44. The topological polar surface area (TPSA) is 50.9 Å². The fourth-order valence-corrected chi connectivity index (χ4v) is 2.82. The summed E-state index contributed by atoms with van der Waals surface area (Å²) in [5.41, 5.74) is 1.58. The summed E-state index contributed by atoms with van der Waals surface area (Å²) >= 11 is 3.47. The Hall–Kier alpha value is -1.72. The van der Waals surface area contributed by atoms with E-state index >= 15 is 0 Å². The first-order valence-corrected chi connectivity index (χ1v) is 7.74. The van der Waals surface area contributed by atoms with Crippen LogP contribution in [0.25, 0.3) is 10.8 Å². The standard InChI is InChI=1S/C16H16BrN3O/c1-2-7-20-15(10-18-19-20)16(21)13-4-3-12-9-14(17)6-5-11(12)8-13/h3-6,8-10,16,21H,2,7H2,1H3. The number of nitrogens with zero attached hydrogens (tertiary/aromatic N) is 3. The third-order valence-electron chi connectivity index (χ3n) is 3.51. The first-order chi connectivity index (χ1) is 10.2. The number of hydrogen-bond acceptors (Lipinski definition) is 3. The number of aryl methyl sites for hydroxylation is 1. The van der Waals surface area contributed by atoms with E-state index in [4.69, 9.17) is 0 Å². The lowest BCUT2D eigenvalue weighted by Gasteiger charge is -2.13. The Morgan fingerprint density at radius 2 is 1.95 bits per heavy atom. The van der Waals surface area contributed by atoms with Crippen molar-refractivity contribution in [3.05, 3.63) is 58.3 Å². The molecule has 0 aliphatic rings. The lowest BCUT2D eigenvalue weighted by Crippen LogP contribution is -2.10. The summed E-state index contributed by atoms with van der Waals surface area (Å²) in [6.07, 6.45) is 1.88. The highest BCUT2D eigenvalue weighted by Crippen LogP contribution is 2.26. The Kier molecular flexibility index (Phi) is 4.03. The molecule has 0 bridgehead atoms. The number of aliphatic hydroxyl groups excluding tert-OH is 1. The van der Waals surface area contributed by atoms with Gasteiger partial charge in [0.05, 0.1) is 11.9 Å². The van der Waals surface area contributed by atoms with Crippen molar-refractivity contribution in [1.29, 1.82) is 0 Å². The van der Waals surface area contributed by atoms with E-state index in [1.807, 2.05) is 30.3 Å². The molecular formula is C16H16BrN3O. The van der Waals surface area contributed by atoms with E-state index in [0.717, 1.165) is 39.5 Å². The lowest BCUT2D eigenvalue weighted by molar-refractivity contribution is 0.207. The van der Waals surface area contributed by atoms with Crippen LogP contribution in [0.1, 0.15) is 30.7 Å². The minimum atomic E-state index is -0.709. The van der Waals surface area contributed by atoms with Gasteiger partial charge in [-0.2, -0.15) is 0 Å². The molecule has 0 radical (unpaired) electrons. The number of aromatic nitrogens is 3. The molecule has 0 aliphatic heterocycles. The van der Waals surface area contributed by atoms with Gasteiger partial charge >= 0.3 is 0 Å². The minimum Gasteiger partial charge on any atom is -0.382 e. The van der Waals surface area contributed by atoms with Crippen LogP contribution in [0.4, 0.5) is 0 Å². The monoisotopic (exact) mass is 345 g/mol. The second kappa shape index (κ2) is 5.95. The Balaban J connectivity index is 1.99. The second-order valence-electron chi connectivity index (χ2n) is 5.04. The summed E-state index contributed by atoms with van der Waals surface area (Å²) in [4.78, 5) is 0. The van der Waals surface area contributed by atoms with Crippen molar-refractivity contribution in [2.45, 2.75) is 26.0 Å². The molecule has 0 fully saturated rings. The first-order valence-electron chi connectivity index (χ1n) is 6.94. The van der Waals surface area contributed by atoms with Gasteiger partial charge in [0.2, 0.25) is 0 Å². The summed E-state index contributed by atoms with van der Waals surface area (Å²) in [5, 5.41) is 20.8. The van der Waals surface area contributed by atoms with Gasteiger partial charge in [0.15, 0.2) is 0 Å². The molecule has 2 aromatic carbocycles. The molecule has 1 heterocycles. The largest absolute Gasteiger partial charge is 0.382 e. The van der Waals surface area contributed by atoms with E-state index < -0.39 is 6.10 Å². The van der Waals surface area contributed by atoms with Crippen molar-refractivity contribution >= 4 is 26.7 Å². The van der Waals surface area contributed by atoms with Crippen molar-refractivity contribution in [3.63, 3.8) is 0 Å². The van der Waals surface area contributed by atoms with Gasteiger partial charge in [-0.15, -0.1) is 5.10 Å². The molecule has 0 amide bonds. The predicted molar refractivity (Wildman–Crippen MR) is 86.0 cm³/mol. The van der Waals surface area contributed by atoms with Crippen molar-refractivity contribution in [2.24, 2.45) is 0 Å². The molecule has 3 rings (SSSR count). The predicted octanol–water partition coefficient (Wildman–Crippen LogP) is 3.69. The molecule has 3 aromatic rings. The maximum atomic E-state index is 10.6. The van der Waals surface area contributed by atoms with Crippen LogP contribution in [0.5, 0.6) is 0 Å². The Morgan fingerprint density at radius 3 is 2.76 bits per heavy atom. The normalized spacial score (nSPS) is 12.7. The zero-order valence-corrected chi connectivity index (χ0v) is 13.3. The number of benzene rings is 2. The second-order valence-corrected chi connectivity index (χ2v) is 5.95. The highest BCUT2D eigenvalue weighted by atomic mass is 79.9. The Labute approximate surface area is 131 Å². The first kappa shape index (κ1) is 14.2. The maximum Gasteiger partial charge on any atom is 0.122 e. The molecule has 5 heteroatoms. The third kappa shape index (κ3) is 2.84. The smallest absolute Gasteiger partial charge is 0.122 e. The van der Waals surface area contributed by atoms with E-state index in [-0.39, 0.29) is 0 Å². The minimum absolute atomic E-state index is 0.709. The van der Waals surface area contributed by atoms with Crippen LogP contribution in [0.2, 0.25) is 0 Å². The summed E-state index contributed by atoms with van der Waals surface area (Å²) < 4.78 is 2.81. The molecule has 4 nitrogen and oxygen atoms in total. The fraction of sp³-hybridized carbons (Fsp3) is 0.250. The third-order valence-corrected chi connectivity index (χ3v) is 4.00. The van der Waals surface area contributed by atoms with Gasteiger partial charge in [-0.25, -0.2) is 4.68 Å². The number of aliphatic hydroxyl groups is 1. The molecule has 0 saturated carbocycles. The summed E-state index contributed by atoms with van der Waals surface area (Å²) in [6, 6.07) is 12.1. The molecule has 0 saturated heterocycles. The summed E-state index contributed by atoms with van der Waals surface area (Å²) in [6.45, 7) is 2.83. The molecular weight excluding hydrogens is 330 g/mol. The van der Waals surface area contributed by atoms with Gasteiger partial charge in [0.25, 0.3) is 0 Å². The van der Waals surface area contributed by atoms with Crippen molar-refractivity contribution in [3.8, 4) is 0 Å². The highest BCUT2D eigenvalue weighted by Gasteiger charge is 2.16. The number of fused-ring (bicyclic) bond motifs is 1. The Morgan fingerprint density at radius 1 is 1.19 bits per heavy atom. The maximum absolute atomic E-state index is 10.6. The van der Waals surface area contributed by atoms with E-state index in [0.29, 0.717) is 0 Å². The van der Waals surface area contributed by atoms with E-state index in [9.17, 15) is 5.11 Å². The van der Waals surface area contributed by atoms with Gasteiger partial charge in [-0.05, 0) is 41.0 Å². The van der Waals surface area contributed by atoms with Crippen LogP contribution < -0.4 is 0 Å². The molecule has 108 valence electrons. The molecule has 0 aliphatic carbocycles. The van der Waals surface area contributed by atoms with Crippen LogP contribution in [0, 0.1) is 0 Å². The molecule has 1 atom stereocenters. The highest BCUT2D eigenvalue weighted by molar-refractivity contribution is 9.10. The molecule has 1 unspecified atom stereocenters. The SMILES string of the molecule is CCCn1nncc1C(O)c1ccc2cc(Br)ccc2c1. The molecule has 1 N–H and O–H groups in total. The average molecular weight is 346 g/mol. The van der Waals surface area contributed by atoms with Crippen LogP contribution in [0.15, 0.2) is 47.1 Å². The van der Waals surface area contributed by atoms with Gasteiger partial charge in [0.1, 0.15) is 6.10 Å². The zero-order valence-electron chi connectivity index (χ0n) is 11.7. The van der Waals surface area contributed by atoms with E-state index in [1.165, 1.54) is 0 Å². The van der Waals surface area contributed by atoms with Crippen molar-refractivity contribution in [2.75, 3.05) is 0 Å². The summed E-state index contributed by atoms with van der Waals surface area (Å²) in [7, 11) is 0. The lowest BCUT2D eigenvalue weighted by atomic mass is 10.0. The van der Waals surface area contributed by atoms with Gasteiger partial charge in [0, 0.05) is 11.0 Å². The van der Waals surface area contributed by atoms with E-state index in [2.05, 4.69) is 39.2 Å². The Bertz CT molecular complexity index is 769. The number of hydrogen-bond donors (Lipinski definition) is 1. The van der Waals surface area contributed by atoms with Crippen LogP contribution in [-0.4, -0.2) is 20.1 Å². The number of halogens is 1. The molecule has 21 heavy (non-hydrogen) atoms. The molecule has 0 spiro atoms. The van der Waals surface area contributed by atoms with Crippen LogP contribution in [-0.2, 0) is 6.54 Å². The summed E-state index contributed by atoms with van der Waals surface area (Å²) in [5.74, 6) is 0. The number of rotatable bonds is 4. The van der Waals surface area contributed by atoms with Crippen molar-refractivity contribution < 1.29 is 5.11 Å². The zero-order chi connectivity index (χ0) is 14.8. The van der Waals surface area contributed by atoms with Crippen LogP contribution in [0.3, 0.4) is 0 Å². The van der Waals surface area contributed by atoms with E-state index in [1.54, 1.807) is 10.9 Å². The van der Waals surface area contributed by atoms with Crippen LogP contribution >= 0.6 is 15.9 Å². The average Bonchev–Trinajstić information content (AvgIpc) is 2.94. The quantitative estimate of drug-likeness (QED) is 0.784. The molecule has 1 aromatic heterocycles. The van der Waals surface area contributed by atoms with Gasteiger partial charge < -0.3 is 5.11 Å². The van der Waals surface area contributed by atoms with Gasteiger partial charge in [-0.1, -0.05) is 46.3 Å².